The van der Waals surface area contributed by atoms with Gasteiger partial charge in [0.2, 0.25) is 53.2 Å². The lowest BCUT2D eigenvalue weighted by Gasteiger charge is -2.28. The van der Waals surface area contributed by atoms with E-state index in [0.717, 1.165) is 0 Å². The summed E-state index contributed by atoms with van der Waals surface area (Å²) in [6, 6.07) is -4.46. The minimum atomic E-state index is -1.69. The fourth-order valence-electron chi connectivity index (χ4n) is 7.07. The lowest BCUT2D eigenvalue weighted by atomic mass is 10.00. The molecule has 10 amide bonds. The molecule has 18 N–H and O–H groups in total. The van der Waals surface area contributed by atoms with Gasteiger partial charge in [-0.2, -0.15) is 0 Å². The Labute approximate surface area is 392 Å². The van der Waals surface area contributed by atoms with E-state index in [9.17, 15) is 58.2 Å². The first-order chi connectivity index (χ1) is 32.3. The SMILES string of the molecule is CC(C)C[C@@H]1NC(=O)[C@@H](Cc2ccccc2)NC(=O)[C@H](CCN)NC(=O)[C@@H](NC(=O)[C@@H](CO)NC(=O)[C@@H]2COC(=O)N2)CCNC(=O)[C@H]([C@@H](C)O)NC(=O)[C@H](CCN)NC(=O)[C@H](CCN)NC1=O. The fourth-order valence-corrected chi connectivity index (χ4v) is 7.07. The van der Waals surface area contributed by atoms with Crippen molar-refractivity contribution < 1.29 is 62.9 Å². The molecule has 3 rings (SSSR count). The number of ether oxygens (including phenoxy) is 1. The summed E-state index contributed by atoms with van der Waals surface area (Å²) in [7, 11) is 0. The molecule has 2 aliphatic heterocycles. The number of amides is 10. The van der Waals surface area contributed by atoms with E-state index < -0.39 is 139 Å². The summed E-state index contributed by atoms with van der Waals surface area (Å²) in [5.41, 5.74) is 18.1. The molecule has 0 saturated carbocycles. The number of cyclic esters (lactones) is 1. The van der Waals surface area contributed by atoms with Gasteiger partial charge in [-0.1, -0.05) is 44.2 Å². The van der Waals surface area contributed by atoms with Crippen LogP contribution in [-0.2, 0) is 54.3 Å². The maximum Gasteiger partial charge on any atom is 0.407 e. The largest absolute Gasteiger partial charge is 0.447 e. The fraction of sp³-hybridized carbons (Fsp3) is 0.619. The topological polar surface area (TPSA) is 419 Å². The second-order valence-electron chi connectivity index (χ2n) is 16.8. The molecule has 68 heavy (non-hydrogen) atoms. The summed E-state index contributed by atoms with van der Waals surface area (Å²) >= 11 is 0. The summed E-state index contributed by atoms with van der Waals surface area (Å²) in [6.07, 6.45) is -3.37. The molecule has 0 spiro atoms. The number of carbonyl (C=O) groups excluding carboxylic acids is 10. The van der Waals surface area contributed by atoms with E-state index in [1.165, 1.54) is 6.92 Å². The number of hydrogen-bond acceptors (Lipinski definition) is 16. The highest BCUT2D eigenvalue weighted by molar-refractivity contribution is 5.99. The van der Waals surface area contributed by atoms with Gasteiger partial charge in [0.25, 0.3) is 0 Å². The Kier molecular flexibility index (Phi) is 23.0. The molecule has 2 saturated heterocycles. The molecule has 0 aliphatic carbocycles. The Balaban J connectivity index is 2.09. The molecule has 0 bridgehead atoms. The first kappa shape index (κ1) is 55.8. The first-order valence-corrected chi connectivity index (χ1v) is 22.4. The van der Waals surface area contributed by atoms with E-state index in [2.05, 4.69) is 53.2 Å². The van der Waals surface area contributed by atoms with Gasteiger partial charge < -0.3 is 85.3 Å². The van der Waals surface area contributed by atoms with Crippen LogP contribution in [0.5, 0.6) is 0 Å². The average molecular weight is 962 g/mol. The van der Waals surface area contributed by atoms with E-state index in [1.54, 1.807) is 44.2 Å². The van der Waals surface area contributed by atoms with Crippen LogP contribution in [0.1, 0.15) is 58.4 Å². The molecule has 26 nitrogen and oxygen atoms in total. The van der Waals surface area contributed by atoms with Crippen molar-refractivity contribution in [2.75, 3.05) is 39.4 Å². The van der Waals surface area contributed by atoms with Gasteiger partial charge in [-0.3, -0.25) is 43.2 Å². The minimum Gasteiger partial charge on any atom is -0.447 e. The Morgan fingerprint density at radius 1 is 0.691 bits per heavy atom. The summed E-state index contributed by atoms with van der Waals surface area (Å²) in [4.78, 5) is 135. The van der Waals surface area contributed by atoms with Crippen molar-refractivity contribution in [2.24, 2.45) is 23.1 Å². The minimum absolute atomic E-state index is 0.0624. The lowest BCUT2D eigenvalue weighted by molar-refractivity contribution is -0.136. The number of benzene rings is 1. The monoisotopic (exact) mass is 961 g/mol. The van der Waals surface area contributed by atoms with E-state index in [0.29, 0.717) is 5.56 Å². The number of carbonyl (C=O) groups is 10. The highest BCUT2D eigenvalue weighted by atomic mass is 16.6. The zero-order valence-corrected chi connectivity index (χ0v) is 38.3. The molecule has 10 atom stereocenters. The van der Waals surface area contributed by atoms with E-state index in [-0.39, 0.29) is 64.3 Å². The van der Waals surface area contributed by atoms with Crippen LogP contribution in [0.3, 0.4) is 0 Å². The van der Waals surface area contributed by atoms with E-state index >= 15 is 0 Å². The average Bonchev–Trinajstić information content (AvgIpc) is 3.74. The zero-order chi connectivity index (χ0) is 50.5. The summed E-state index contributed by atoms with van der Waals surface area (Å²) in [6.45, 7) is 2.58. The molecular formula is C42H67N13O13. The van der Waals surface area contributed by atoms with Gasteiger partial charge in [0, 0.05) is 13.0 Å². The zero-order valence-electron chi connectivity index (χ0n) is 38.3. The number of nitrogens with one attached hydrogen (secondary N) is 10. The Morgan fingerprint density at radius 2 is 1.19 bits per heavy atom. The molecule has 26 heteroatoms. The van der Waals surface area contributed by atoms with Crippen LogP contribution in [0.15, 0.2) is 30.3 Å². The van der Waals surface area contributed by atoms with E-state index in [1.807, 2.05) is 0 Å². The van der Waals surface area contributed by atoms with Crippen molar-refractivity contribution in [3.05, 3.63) is 35.9 Å². The third-order valence-electron chi connectivity index (χ3n) is 10.8. The molecule has 2 fully saturated rings. The molecule has 1 aromatic rings. The van der Waals surface area contributed by atoms with Crippen LogP contribution >= 0.6 is 0 Å². The van der Waals surface area contributed by atoms with Gasteiger partial charge in [-0.25, -0.2) is 4.79 Å². The van der Waals surface area contributed by atoms with Crippen molar-refractivity contribution in [3.63, 3.8) is 0 Å². The number of aliphatic hydroxyl groups excluding tert-OH is 2. The van der Waals surface area contributed by atoms with Gasteiger partial charge in [0.05, 0.1) is 12.7 Å². The second-order valence-corrected chi connectivity index (χ2v) is 16.8. The maximum absolute atomic E-state index is 14.2. The molecule has 2 aliphatic rings. The van der Waals surface area contributed by atoms with Crippen LogP contribution in [0.2, 0.25) is 0 Å². The normalized spacial score (nSPS) is 26.0. The van der Waals surface area contributed by atoms with Crippen molar-refractivity contribution in [2.45, 2.75) is 120 Å². The van der Waals surface area contributed by atoms with Crippen molar-refractivity contribution >= 4 is 59.3 Å². The van der Waals surface area contributed by atoms with Gasteiger partial charge in [0.15, 0.2) is 0 Å². The predicted molar refractivity (Wildman–Crippen MR) is 241 cm³/mol. The second kappa shape index (κ2) is 28.0. The highest BCUT2D eigenvalue weighted by Crippen LogP contribution is 2.11. The summed E-state index contributed by atoms with van der Waals surface area (Å²) in [5.74, 6) is -8.49. The lowest BCUT2D eigenvalue weighted by Crippen LogP contribution is -2.61. The smallest absolute Gasteiger partial charge is 0.407 e. The summed E-state index contributed by atoms with van der Waals surface area (Å²) < 4.78 is 4.70. The maximum atomic E-state index is 14.2. The quantitative estimate of drug-likeness (QED) is 0.0732. The van der Waals surface area contributed by atoms with Crippen molar-refractivity contribution in [1.82, 2.24) is 53.2 Å². The summed E-state index contributed by atoms with van der Waals surface area (Å²) in [5, 5.41) is 45.4. The Morgan fingerprint density at radius 3 is 1.69 bits per heavy atom. The van der Waals surface area contributed by atoms with Crippen LogP contribution in [0.4, 0.5) is 4.79 Å². The van der Waals surface area contributed by atoms with Crippen LogP contribution in [0.25, 0.3) is 0 Å². The van der Waals surface area contributed by atoms with Crippen LogP contribution < -0.4 is 70.4 Å². The van der Waals surface area contributed by atoms with Gasteiger partial charge >= 0.3 is 6.09 Å². The molecule has 1 aromatic carbocycles. The van der Waals surface area contributed by atoms with Crippen LogP contribution in [0, 0.1) is 5.92 Å². The van der Waals surface area contributed by atoms with Gasteiger partial charge in [-0.05, 0) is 70.1 Å². The molecular weight excluding hydrogens is 895 g/mol. The Hall–Kier alpha value is -6.48. The number of aliphatic hydroxyl groups is 2. The van der Waals surface area contributed by atoms with Crippen molar-refractivity contribution in [3.8, 4) is 0 Å². The van der Waals surface area contributed by atoms with Crippen molar-refractivity contribution in [1.29, 1.82) is 0 Å². The number of hydrogen-bond donors (Lipinski definition) is 15. The molecule has 2 heterocycles. The molecule has 0 unspecified atom stereocenters. The number of alkyl carbamates (subject to hydrolysis) is 1. The molecule has 0 radical (unpaired) electrons. The number of nitrogens with two attached hydrogens (primary N) is 3. The first-order valence-electron chi connectivity index (χ1n) is 22.4. The van der Waals surface area contributed by atoms with Gasteiger partial charge in [-0.15, -0.1) is 0 Å². The van der Waals surface area contributed by atoms with Crippen LogP contribution in [-0.4, -0.2) is 169 Å². The molecule has 0 aromatic heterocycles. The third-order valence-corrected chi connectivity index (χ3v) is 10.8. The highest BCUT2D eigenvalue weighted by Gasteiger charge is 2.37. The van der Waals surface area contributed by atoms with Gasteiger partial charge in [0.1, 0.15) is 61.0 Å². The third kappa shape index (κ3) is 17.6. The molecule has 378 valence electrons. The standard InChI is InChI=1S/C42H67N13O13/c1-21(2)17-28-37(62)49-24(9-13-43)33(58)48-26(11-15-45)36(61)55-32(22(3)57)41(66)46-16-12-27(50-39(64)30(19-56)53-40(65)31-20-68-42(67)54-31)35(60)47-25(10-14-44)34(59)52-29(38(63)51-28)18-23-7-5-4-6-8-23/h4-8,21-22,24-32,56-57H,9-20,43-45H2,1-3H3,(H,46,66)(H,47,60)(H,48,58)(H,49,62)(H,50,64)(H,51,63)(H,52,59)(H,53,65)(H,54,67)(H,55,61)/t22-,24+,25+,26+,27+,28+,29-,30-,31+,32+/m1/s1. The predicted octanol–water partition coefficient (Wildman–Crippen LogP) is -6.80. The Bertz CT molecular complexity index is 1930. The van der Waals surface area contributed by atoms with E-state index in [4.69, 9.17) is 21.9 Å². The number of rotatable bonds is 16.